The number of nitrogens with zero attached hydrogens (tertiary/aromatic N) is 1. The van der Waals surface area contributed by atoms with Crippen molar-refractivity contribution in [1.82, 2.24) is 4.98 Å². The van der Waals surface area contributed by atoms with E-state index in [4.69, 9.17) is 23.2 Å². The Morgan fingerprint density at radius 3 is 2.00 bits per heavy atom. The van der Waals surface area contributed by atoms with Gasteiger partial charge >= 0.3 is 0 Å². The molecule has 0 aliphatic rings. The van der Waals surface area contributed by atoms with Crippen molar-refractivity contribution in [2.24, 2.45) is 0 Å². The summed E-state index contributed by atoms with van der Waals surface area (Å²) in [6, 6.07) is 8.75. The van der Waals surface area contributed by atoms with Crippen LogP contribution in [0, 0.1) is 11.9 Å². The van der Waals surface area contributed by atoms with Gasteiger partial charge < -0.3 is 5.32 Å². The minimum absolute atomic E-state index is 0.0375. The third kappa shape index (κ3) is 2.48. The highest BCUT2D eigenvalue weighted by Gasteiger charge is 2.17. The molecule has 1 aromatic heterocycles. The van der Waals surface area contributed by atoms with Crippen LogP contribution in [-0.2, 0) is 0 Å². The minimum atomic E-state index is -1.10. The van der Waals surface area contributed by atoms with Gasteiger partial charge in [0.15, 0.2) is 0 Å². The number of nitrogens with one attached hydrogen (secondary N) is 1. The van der Waals surface area contributed by atoms with E-state index >= 15 is 0 Å². The predicted molar refractivity (Wildman–Crippen MR) is 63.9 cm³/mol. The molecule has 0 unspecified atom stereocenters. The Labute approximate surface area is 106 Å². The van der Waals surface area contributed by atoms with Crippen LogP contribution in [0.3, 0.4) is 0 Å². The first kappa shape index (κ1) is 12.1. The van der Waals surface area contributed by atoms with Crippen LogP contribution in [0.25, 0.3) is 0 Å². The lowest BCUT2D eigenvalue weighted by Gasteiger charge is -2.10. The highest BCUT2D eigenvalue weighted by molar-refractivity contribution is 6.39. The van der Waals surface area contributed by atoms with Gasteiger partial charge in [-0.2, -0.15) is 13.8 Å². The number of rotatable bonds is 2. The highest BCUT2D eigenvalue weighted by Crippen LogP contribution is 2.35. The molecule has 0 fully saturated rings. The zero-order valence-corrected chi connectivity index (χ0v) is 9.86. The van der Waals surface area contributed by atoms with E-state index in [1.165, 1.54) is 0 Å². The Morgan fingerprint density at radius 1 is 0.941 bits per heavy atom. The molecule has 1 N–H and O–H groups in total. The maximum atomic E-state index is 13.1. The normalized spacial score (nSPS) is 10.4. The summed E-state index contributed by atoms with van der Waals surface area (Å²) in [4.78, 5) is 2.94. The van der Waals surface area contributed by atoms with Crippen molar-refractivity contribution >= 4 is 34.6 Å². The Morgan fingerprint density at radius 2 is 1.47 bits per heavy atom. The first-order valence-corrected chi connectivity index (χ1v) is 5.37. The Balaban J connectivity index is 2.46. The molecule has 0 bridgehead atoms. The van der Waals surface area contributed by atoms with E-state index in [9.17, 15) is 8.78 Å². The number of para-hydroxylation sites is 1. The van der Waals surface area contributed by atoms with Gasteiger partial charge in [0.1, 0.15) is 10.0 Å². The molecular formula is C11H6Cl2F2N2. The summed E-state index contributed by atoms with van der Waals surface area (Å²) < 4.78 is 26.3. The maximum absolute atomic E-state index is 13.1. The van der Waals surface area contributed by atoms with Crippen molar-refractivity contribution in [3.63, 3.8) is 0 Å². The largest absolute Gasteiger partial charge is 0.353 e. The van der Waals surface area contributed by atoms with E-state index in [2.05, 4.69) is 10.3 Å². The van der Waals surface area contributed by atoms with E-state index in [1.807, 2.05) is 6.07 Å². The van der Waals surface area contributed by atoms with Crippen LogP contribution >= 0.6 is 23.2 Å². The summed E-state index contributed by atoms with van der Waals surface area (Å²) in [7, 11) is 0. The summed E-state index contributed by atoms with van der Waals surface area (Å²) in [5, 5.41) is 2.04. The molecule has 0 aliphatic heterocycles. The molecule has 1 heterocycles. The van der Waals surface area contributed by atoms with E-state index < -0.39 is 11.9 Å². The van der Waals surface area contributed by atoms with E-state index in [-0.39, 0.29) is 15.7 Å². The van der Waals surface area contributed by atoms with Crippen LogP contribution < -0.4 is 5.32 Å². The molecule has 0 spiro atoms. The van der Waals surface area contributed by atoms with Crippen LogP contribution in [0.5, 0.6) is 0 Å². The Bertz CT molecular complexity index is 521. The van der Waals surface area contributed by atoms with Crippen molar-refractivity contribution in [3.05, 3.63) is 52.3 Å². The smallest absolute Gasteiger partial charge is 0.236 e. The molecule has 6 heteroatoms. The molecule has 0 radical (unpaired) electrons. The molecule has 2 nitrogen and oxygen atoms in total. The van der Waals surface area contributed by atoms with Gasteiger partial charge in [-0.05, 0) is 12.1 Å². The van der Waals surface area contributed by atoms with Gasteiger partial charge in [-0.1, -0.05) is 41.4 Å². The molecule has 0 saturated heterocycles. The second-order valence-corrected chi connectivity index (χ2v) is 3.94. The molecule has 2 rings (SSSR count). The lowest BCUT2D eigenvalue weighted by Crippen LogP contribution is -1.99. The van der Waals surface area contributed by atoms with Gasteiger partial charge in [0.05, 0.1) is 5.69 Å². The molecule has 0 atom stereocenters. The van der Waals surface area contributed by atoms with Gasteiger partial charge in [0.2, 0.25) is 11.9 Å². The van der Waals surface area contributed by atoms with Crippen LogP contribution in [0.2, 0.25) is 10.0 Å². The molecule has 0 amide bonds. The molecule has 17 heavy (non-hydrogen) atoms. The lowest BCUT2D eigenvalue weighted by molar-refractivity contribution is 0.514. The maximum Gasteiger partial charge on any atom is 0.236 e. The first-order chi connectivity index (χ1) is 8.09. The van der Waals surface area contributed by atoms with Gasteiger partial charge in [0, 0.05) is 5.69 Å². The number of pyridine rings is 1. The molecule has 88 valence electrons. The Hall–Kier alpha value is -1.39. The monoisotopic (exact) mass is 274 g/mol. The number of hydrogen-bond donors (Lipinski definition) is 1. The van der Waals surface area contributed by atoms with Crippen LogP contribution in [0.15, 0.2) is 30.3 Å². The number of halogens is 4. The third-order valence-electron chi connectivity index (χ3n) is 2.04. The van der Waals surface area contributed by atoms with Gasteiger partial charge in [-0.3, -0.25) is 0 Å². The summed E-state index contributed by atoms with van der Waals surface area (Å²) in [5.41, 5.74) is 0.575. The fourth-order valence-electron chi connectivity index (χ4n) is 1.26. The third-order valence-corrected chi connectivity index (χ3v) is 2.73. The summed E-state index contributed by atoms with van der Waals surface area (Å²) >= 11 is 11.3. The Kier molecular flexibility index (Phi) is 3.45. The molecule has 0 saturated carbocycles. The standard InChI is InChI=1S/C11H6Cl2F2N2/c12-7-9(8(13)11(15)17-10(7)14)16-6-4-2-1-3-5-6/h1-5H,(H,16,17). The zero-order chi connectivity index (χ0) is 12.4. The first-order valence-electron chi connectivity index (χ1n) is 4.61. The van der Waals surface area contributed by atoms with Crippen LogP contribution in [0.4, 0.5) is 20.2 Å². The van der Waals surface area contributed by atoms with Crippen molar-refractivity contribution < 1.29 is 8.78 Å². The average molecular weight is 275 g/mol. The molecule has 0 aliphatic carbocycles. The van der Waals surface area contributed by atoms with Crippen LogP contribution in [-0.4, -0.2) is 4.98 Å². The molecule has 2 aromatic rings. The molecular weight excluding hydrogens is 269 g/mol. The van der Waals surface area contributed by atoms with E-state index in [1.54, 1.807) is 24.3 Å². The van der Waals surface area contributed by atoms with Gasteiger partial charge in [0.25, 0.3) is 0 Å². The molecule has 1 aromatic carbocycles. The number of benzene rings is 1. The summed E-state index contributed by atoms with van der Waals surface area (Å²) in [5.74, 6) is -2.21. The second kappa shape index (κ2) is 4.85. The fraction of sp³-hybridized carbons (Fsp3) is 0. The fourth-order valence-corrected chi connectivity index (χ4v) is 1.68. The lowest BCUT2D eigenvalue weighted by atomic mass is 10.3. The van der Waals surface area contributed by atoms with Crippen molar-refractivity contribution in [2.45, 2.75) is 0 Å². The number of anilines is 2. The number of aromatic nitrogens is 1. The number of hydrogen-bond acceptors (Lipinski definition) is 2. The van der Waals surface area contributed by atoms with Crippen LogP contribution in [0.1, 0.15) is 0 Å². The summed E-state index contributed by atoms with van der Waals surface area (Å²) in [6.45, 7) is 0. The van der Waals surface area contributed by atoms with E-state index in [0.717, 1.165) is 0 Å². The minimum Gasteiger partial charge on any atom is -0.353 e. The zero-order valence-electron chi connectivity index (χ0n) is 8.35. The van der Waals surface area contributed by atoms with E-state index in [0.29, 0.717) is 5.69 Å². The van der Waals surface area contributed by atoms with Crippen molar-refractivity contribution in [2.75, 3.05) is 5.32 Å². The van der Waals surface area contributed by atoms with Crippen molar-refractivity contribution in [3.8, 4) is 0 Å². The van der Waals surface area contributed by atoms with Gasteiger partial charge in [-0.15, -0.1) is 0 Å². The average Bonchev–Trinajstić information content (AvgIpc) is 2.33. The highest BCUT2D eigenvalue weighted by atomic mass is 35.5. The van der Waals surface area contributed by atoms with Gasteiger partial charge in [-0.25, -0.2) is 0 Å². The van der Waals surface area contributed by atoms with Crippen molar-refractivity contribution in [1.29, 1.82) is 0 Å². The predicted octanol–water partition coefficient (Wildman–Crippen LogP) is 4.41. The quantitative estimate of drug-likeness (QED) is 0.821. The topological polar surface area (TPSA) is 24.9 Å². The summed E-state index contributed by atoms with van der Waals surface area (Å²) in [6.07, 6.45) is 0. The second-order valence-electron chi connectivity index (χ2n) is 3.19. The SMILES string of the molecule is Fc1nc(F)c(Cl)c(Nc2ccccc2)c1Cl.